The Morgan fingerprint density at radius 2 is 1.75 bits per heavy atom. The Balaban J connectivity index is 1.42. The largest absolute Gasteiger partial charge is 0.317 e. The normalized spacial score (nSPS) is 59.4. The Kier molecular flexibility index (Phi) is 3.67. The zero-order valence-corrected chi connectivity index (χ0v) is 16.1. The minimum Gasteiger partial charge on any atom is -0.317 e. The Hall–Kier alpha value is -0.0800. The maximum absolute atomic E-state index is 3.88. The maximum Gasteiger partial charge on any atom is 0.00731 e. The first-order valence-electron chi connectivity index (χ1n) is 11.0. The highest BCUT2D eigenvalue weighted by Gasteiger charge is 2.63. The minimum atomic E-state index is 0.660. The molecule has 2 N–H and O–H groups in total. The Bertz CT molecular complexity index is 504. The van der Waals surface area contributed by atoms with Crippen molar-refractivity contribution in [3.8, 4) is 0 Å². The average molecular weight is 331 g/mol. The second kappa shape index (κ2) is 5.46. The molecule has 0 aromatic rings. The summed E-state index contributed by atoms with van der Waals surface area (Å²) in [6.45, 7) is 6.51. The van der Waals surface area contributed by atoms with Gasteiger partial charge in [-0.25, -0.2) is 0 Å². The molecule has 0 aromatic heterocycles. The van der Waals surface area contributed by atoms with E-state index in [1.165, 1.54) is 38.6 Å². The fourth-order valence-electron chi connectivity index (χ4n) is 8.96. The molecule has 4 aliphatic carbocycles. The molecule has 2 heteroatoms. The van der Waals surface area contributed by atoms with Crippen LogP contribution in [0.2, 0.25) is 0 Å². The van der Waals surface area contributed by atoms with Crippen LogP contribution in [0.5, 0.6) is 0 Å². The number of hydrogen-bond donors (Lipinski definition) is 2. The molecule has 1 saturated heterocycles. The van der Waals surface area contributed by atoms with Crippen LogP contribution in [0.4, 0.5) is 0 Å². The van der Waals surface area contributed by atoms with Gasteiger partial charge >= 0.3 is 0 Å². The van der Waals surface area contributed by atoms with Crippen LogP contribution in [0.15, 0.2) is 0 Å². The lowest BCUT2D eigenvalue weighted by molar-refractivity contribution is -0.112. The van der Waals surface area contributed by atoms with Crippen LogP contribution in [0, 0.1) is 40.4 Å². The molecule has 4 saturated carbocycles. The summed E-state index contributed by atoms with van der Waals surface area (Å²) in [5.41, 5.74) is 1.36. The minimum absolute atomic E-state index is 0.660. The zero-order valence-electron chi connectivity index (χ0n) is 16.1. The van der Waals surface area contributed by atoms with Gasteiger partial charge in [0.2, 0.25) is 0 Å². The van der Waals surface area contributed by atoms with Gasteiger partial charge in [-0.15, -0.1) is 0 Å². The van der Waals surface area contributed by atoms with Gasteiger partial charge in [0.05, 0.1) is 0 Å². The van der Waals surface area contributed by atoms with Crippen molar-refractivity contribution in [2.45, 2.75) is 83.7 Å². The molecule has 1 aliphatic heterocycles. The van der Waals surface area contributed by atoms with E-state index in [9.17, 15) is 0 Å². The second-order valence-electron chi connectivity index (χ2n) is 10.5. The lowest BCUT2D eigenvalue weighted by Gasteiger charge is -2.61. The molecule has 1 heterocycles. The summed E-state index contributed by atoms with van der Waals surface area (Å²) < 4.78 is 0. The van der Waals surface area contributed by atoms with Crippen molar-refractivity contribution in [2.24, 2.45) is 40.4 Å². The number of nitrogens with one attached hydrogen (secondary N) is 2. The van der Waals surface area contributed by atoms with Crippen LogP contribution in [-0.4, -0.2) is 25.7 Å². The number of rotatable bonds is 1. The van der Waals surface area contributed by atoms with Crippen LogP contribution in [0.1, 0.15) is 71.6 Å². The van der Waals surface area contributed by atoms with Gasteiger partial charge in [-0.05, 0) is 112 Å². The molecule has 1 spiro atoms. The molecule has 9 unspecified atom stereocenters. The SMILES string of the molecule is CNC1CCC2(C)C(CCC3C2CCC24CNC(C)C2CCC34)C1. The molecular formula is C22H38N2. The van der Waals surface area contributed by atoms with Crippen molar-refractivity contribution in [3.63, 3.8) is 0 Å². The van der Waals surface area contributed by atoms with E-state index in [0.717, 1.165) is 41.7 Å². The molecule has 0 aromatic carbocycles. The van der Waals surface area contributed by atoms with Crippen molar-refractivity contribution in [1.82, 2.24) is 10.6 Å². The first-order chi connectivity index (χ1) is 11.6. The van der Waals surface area contributed by atoms with Gasteiger partial charge in [-0.1, -0.05) is 6.92 Å². The van der Waals surface area contributed by atoms with Crippen LogP contribution >= 0.6 is 0 Å². The summed E-state index contributed by atoms with van der Waals surface area (Å²) in [6.07, 6.45) is 13.6. The van der Waals surface area contributed by atoms with E-state index in [2.05, 4.69) is 31.5 Å². The van der Waals surface area contributed by atoms with Gasteiger partial charge in [-0.2, -0.15) is 0 Å². The van der Waals surface area contributed by atoms with Gasteiger partial charge in [-0.3, -0.25) is 0 Å². The molecule has 0 amide bonds. The topological polar surface area (TPSA) is 24.1 Å². The van der Waals surface area contributed by atoms with Crippen LogP contribution in [0.3, 0.4) is 0 Å². The summed E-state index contributed by atoms with van der Waals surface area (Å²) in [4.78, 5) is 0. The molecular weight excluding hydrogens is 292 g/mol. The molecule has 0 bridgehead atoms. The van der Waals surface area contributed by atoms with Gasteiger partial charge in [0.15, 0.2) is 0 Å². The van der Waals surface area contributed by atoms with Crippen LogP contribution < -0.4 is 10.6 Å². The summed E-state index contributed by atoms with van der Waals surface area (Å²) in [5, 5.41) is 7.47. The summed E-state index contributed by atoms with van der Waals surface area (Å²) >= 11 is 0. The summed E-state index contributed by atoms with van der Waals surface area (Å²) in [7, 11) is 2.18. The Morgan fingerprint density at radius 1 is 0.917 bits per heavy atom. The van der Waals surface area contributed by atoms with E-state index < -0.39 is 0 Å². The highest BCUT2D eigenvalue weighted by atomic mass is 15.0. The smallest absolute Gasteiger partial charge is 0.00731 e. The first-order valence-corrected chi connectivity index (χ1v) is 11.0. The standard InChI is InChI=1S/C22H38N2/c1-14-18-6-7-20-17-5-4-15-12-16(23-3)8-10-21(15,2)19(17)9-11-22(18,20)13-24-14/h14-20,23-24H,4-13H2,1-3H3. The molecule has 136 valence electrons. The summed E-state index contributed by atoms with van der Waals surface area (Å²) in [5.74, 6) is 5.15. The molecule has 5 rings (SSSR count). The van der Waals surface area contributed by atoms with Gasteiger partial charge < -0.3 is 10.6 Å². The van der Waals surface area contributed by atoms with Gasteiger partial charge in [0.1, 0.15) is 0 Å². The monoisotopic (exact) mass is 330 g/mol. The molecule has 9 atom stereocenters. The number of hydrogen-bond acceptors (Lipinski definition) is 2. The third kappa shape index (κ3) is 1.96. The second-order valence-corrected chi connectivity index (χ2v) is 10.5. The summed E-state index contributed by atoms with van der Waals surface area (Å²) in [6, 6.07) is 1.58. The lowest BCUT2D eigenvalue weighted by atomic mass is 9.44. The molecule has 24 heavy (non-hydrogen) atoms. The highest BCUT2D eigenvalue weighted by molar-refractivity contribution is 5.14. The van der Waals surface area contributed by atoms with Gasteiger partial charge in [0.25, 0.3) is 0 Å². The first kappa shape index (κ1) is 16.1. The fourth-order valence-corrected chi connectivity index (χ4v) is 8.96. The maximum atomic E-state index is 3.88. The Labute approximate surface area is 148 Å². The third-order valence-corrected chi connectivity index (χ3v) is 10.2. The molecule has 5 aliphatic rings. The van der Waals surface area contributed by atoms with E-state index in [-0.39, 0.29) is 0 Å². The zero-order chi connectivity index (χ0) is 16.5. The number of fused-ring (bicyclic) bond motifs is 4. The molecule has 2 nitrogen and oxygen atoms in total. The average Bonchev–Trinajstić information content (AvgIpc) is 3.12. The Morgan fingerprint density at radius 3 is 2.58 bits per heavy atom. The van der Waals surface area contributed by atoms with Crippen molar-refractivity contribution < 1.29 is 0 Å². The van der Waals surface area contributed by atoms with E-state index in [4.69, 9.17) is 0 Å². The predicted molar refractivity (Wildman–Crippen MR) is 99.9 cm³/mol. The lowest BCUT2D eigenvalue weighted by Crippen LogP contribution is -2.55. The van der Waals surface area contributed by atoms with E-state index in [0.29, 0.717) is 10.8 Å². The van der Waals surface area contributed by atoms with Crippen molar-refractivity contribution in [2.75, 3.05) is 13.6 Å². The van der Waals surface area contributed by atoms with E-state index in [1.54, 1.807) is 25.7 Å². The highest BCUT2D eigenvalue weighted by Crippen LogP contribution is 2.68. The van der Waals surface area contributed by atoms with E-state index in [1.807, 2.05) is 0 Å². The molecule has 0 radical (unpaired) electrons. The van der Waals surface area contributed by atoms with Crippen molar-refractivity contribution in [1.29, 1.82) is 0 Å². The molecule has 5 fully saturated rings. The predicted octanol–water partition coefficient (Wildman–Crippen LogP) is 4.21. The van der Waals surface area contributed by atoms with Crippen molar-refractivity contribution >= 4 is 0 Å². The third-order valence-electron chi connectivity index (χ3n) is 10.2. The van der Waals surface area contributed by atoms with Crippen LogP contribution in [0.25, 0.3) is 0 Å². The van der Waals surface area contributed by atoms with Gasteiger partial charge in [0, 0.05) is 18.6 Å². The van der Waals surface area contributed by atoms with Crippen molar-refractivity contribution in [3.05, 3.63) is 0 Å². The van der Waals surface area contributed by atoms with E-state index >= 15 is 0 Å². The fraction of sp³-hybridized carbons (Fsp3) is 1.00. The van der Waals surface area contributed by atoms with Crippen LogP contribution in [-0.2, 0) is 0 Å². The quantitative estimate of drug-likeness (QED) is 0.753.